The summed E-state index contributed by atoms with van der Waals surface area (Å²) in [6.07, 6.45) is 0. The molecule has 1 amide bonds. The highest BCUT2D eigenvalue weighted by atomic mass is 35.5. The lowest BCUT2D eigenvalue weighted by atomic mass is 10.1. The Morgan fingerprint density at radius 2 is 1.83 bits per heavy atom. The van der Waals surface area contributed by atoms with Crippen molar-refractivity contribution in [3.8, 4) is 6.07 Å². The summed E-state index contributed by atoms with van der Waals surface area (Å²) in [5.74, 6) is -0.293. The van der Waals surface area contributed by atoms with Gasteiger partial charge in [0, 0.05) is 34.9 Å². The van der Waals surface area contributed by atoms with Crippen molar-refractivity contribution in [3.05, 3.63) is 64.2 Å². The van der Waals surface area contributed by atoms with E-state index < -0.39 is 0 Å². The van der Waals surface area contributed by atoms with E-state index in [1.54, 1.807) is 42.5 Å². The van der Waals surface area contributed by atoms with Crippen LogP contribution in [0.1, 0.15) is 33.2 Å². The molecule has 0 aliphatic heterocycles. The van der Waals surface area contributed by atoms with Crippen LogP contribution in [0.2, 0.25) is 5.02 Å². The number of benzene rings is 2. The van der Waals surface area contributed by atoms with Crippen molar-refractivity contribution in [3.63, 3.8) is 0 Å². The Hall–Kier alpha value is -2.84. The summed E-state index contributed by atoms with van der Waals surface area (Å²) in [5, 5.41) is 15.4. The van der Waals surface area contributed by atoms with E-state index in [1.807, 2.05) is 6.07 Å². The molecule has 0 unspecified atom stereocenters. The predicted octanol–water partition coefficient (Wildman–Crippen LogP) is 3.26. The largest absolute Gasteiger partial charge is 0.383 e. The van der Waals surface area contributed by atoms with Crippen molar-refractivity contribution in [2.75, 3.05) is 18.4 Å². The number of hydrogen-bond donors (Lipinski definition) is 2. The highest BCUT2D eigenvalue weighted by Gasteiger charge is 2.08. The quantitative estimate of drug-likeness (QED) is 0.624. The maximum Gasteiger partial charge on any atom is 0.251 e. The van der Waals surface area contributed by atoms with Gasteiger partial charge in [0.1, 0.15) is 0 Å². The van der Waals surface area contributed by atoms with Crippen LogP contribution in [0.15, 0.2) is 42.5 Å². The number of Topliss-reactive ketones (excluding diaryl/α,β-unsaturated/α-hetero) is 1. The number of nitrogens with one attached hydrogen (secondary N) is 2. The molecule has 24 heavy (non-hydrogen) atoms. The van der Waals surface area contributed by atoms with Crippen molar-refractivity contribution in [2.24, 2.45) is 0 Å². The van der Waals surface area contributed by atoms with E-state index in [2.05, 4.69) is 10.6 Å². The molecule has 2 aromatic carbocycles. The van der Waals surface area contributed by atoms with Gasteiger partial charge in [-0.05, 0) is 49.4 Å². The van der Waals surface area contributed by atoms with Crippen LogP contribution in [0.25, 0.3) is 0 Å². The van der Waals surface area contributed by atoms with Crippen LogP contribution in [0.3, 0.4) is 0 Å². The minimum atomic E-state index is -0.203. The van der Waals surface area contributed by atoms with Crippen LogP contribution in [0, 0.1) is 11.3 Å². The molecule has 0 radical (unpaired) electrons. The van der Waals surface area contributed by atoms with Gasteiger partial charge in [-0.15, -0.1) is 0 Å². The van der Waals surface area contributed by atoms with Gasteiger partial charge in [-0.25, -0.2) is 0 Å². The fourth-order valence-corrected chi connectivity index (χ4v) is 2.27. The first-order valence-electron chi connectivity index (χ1n) is 7.34. The minimum absolute atomic E-state index is 0.0906. The lowest BCUT2D eigenvalue weighted by Gasteiger charge is -2.11. The number of carbonyl (C=O) groups is 2. The van der Waals surface area contributed by atoms with Gasteiger partial charge in [0.05, 0.1) is 11.6 Å². The number of ketones is 1. The monoisotopic (exact) mass is 341 g/mol. The Morgan fingerprint density at radius 1 is 1.12 bits per heavy atom. The van der Waals surface area contributed by atoms with Crippen LogP contribution >= 0.6 is 11.6 Å². The van der Waals surface area contributed by atoms with Crippen molar-refractivity contribution < 1.29 is 9.59 Å². The number of anilines is 1. The zero-order valence-electron chi connectivity index (χ0n) is 13.1. The second-order valence-corrected chi connectivity index (χ2v) is 5.55. The number of nitrogens with zero attached hydrogens (tertiary/aromatic N) is 1. The smallest absolute Gasteiger partial charge is 0.251 e. The Labute approximate surface area is 145 Å². The Morgan fingerprint density at radius 3 is 2.46 bits per heavy atom. The fraction of sp³-hybridized carbons (Fsp3) is 0.167. The summed E-state index contributed by atoms with van der Waals surface area (Å²) in [4.78, 5) is 23.6. The molecule has 0 saturated heterocycles. The molecule has 5 nitrogen and oxygen atoms in total. The average molecular weight is 342 g/mol. The zero-order chi connectivity index (χ0) is 17.5. The molecule has 0 aliphatic rings. The Balaban J connectivity index is 1.92. The topological polar surface area (TPSA) is 82.0 Å². The SMILES string of the molecule is CC(=O)c1ccc(C#N)cc1NCCNC(=O)c1ccc(Cl)cc1. The number of nitriles is 1. The third-order valence-corrected chi connectivity index (χ3v) is 3.61. The van der Waals surface area contributed by atoms with E-state index in [1.165, 1.54) is 6.92 Å². The van der Waals surface area contributed by atoms with Gasteiger partial charge in [0.15, 0.2) is 5.78 Å². The number of rotatable bonds is 6. The van der Waals surface area contributed by atoms with Crippen molar-refractivity contribution >= 4 is 29.0 Å². The van der Waals surface area contributed by atoms with Crippen molar-refractivity contribution in [1.29, 1.82) is 5.26 Å². The molecule has 0 spiro atoms. The zero-order valence-corrected chi connectivity index (χ0v) is 13.9. The molecule has 2 N–H and O–H groups in total. The number of hydrogen-bond acceptors (Lipinski definition) is 4. The molecule has 0 heterocycles. The third kappa shape index (κ3) is 4.58. The van der Waals surface area contributed by atoms with Gasteiger partial charge >= 0.3 is 0 Å². The van der Waals surface area contributed by atoms with Gasteiger partial charge in [-0.3, -0.25) is 9.59 Å². The summed E-state index contributed by atoms with van der Waals surface area (Å²) in [6.45, 7) is 2.26. The van der Waals surface area contributed by atoms with Crippen LogP contribution in [0.5, 0.6) is 0 Å². The van der Waals surface area contributed by atoms with E-state index in [0.717, 1.165) is 0 Å². The molecule has 0 aromatic heterocycles. The van der Waals surface area contributed by atoms with Crippen LogP contribution < -0.4 is 10.6 Å². The van der Waals surface area contributed by atoms with Gasteiger partial charge in [0.2, 0.25) is 0 Å². The normalized spacial score (nSPS) is 9.88. The second kappa shape index (κ2) is 8.14. The predicted molar refractivity (Wildman–Crippen MR) is 93.4 cm³/mol. The Kier molecular flexibility index (Phi) is 5.94. The molecular formula is C18H16ClN3O2. The molecule has 0 atom stereocenters. The van der Waals surface area contributed by atoms with Gasteiger partial charge < -0.3 is 10.6 Å². The maximum atomic E-state index is 12.0. The second-order valence-electron chi connectivity index (χ2n) is 5.12. The van der Waals surface area contributed by atoms with Crippen LogP contribution in [0.4, 0.5) is 5.69 Å². The summed E-state index contributed by atoms with van der Waals surface area (Å²) >= 11 is 5.78. The summed E-state index contributed by atoms with van der Waals surface area (Å²) < 4.78 is 0. The van der Waals surface area contributed by atoms with E-state index in [9.17, 15) is 9.59 Å². The first kappa shape index (κ1) is 17.5. The van der Waals surface area contributed by atoms with Gasteiger partial charge in [-0.2, -0.15) is 5.26 Å². The van der Waals surface area contributed by atoms with E-state index in [4.69, 9.17) is 16.9 Å². The molecule has 2 rings (SSSR count). The third-order valence-electron chi connectivity index (χ3n) is 3.36. The molecule has 0 bridgehead atoms. The Bertz CT molecular complexity index is 795. The highest BCUT2D eigenvalue weighted by molar-refractivity contribution is 6.30. The van der Waals surface area contributed by atoms with Gasteiger partial charge in [-0.1, -0.05) is 11.6 Å². The number of carbonyl (C=O) groups excluding carboxylic acids is 2. The highest BCUT2D eigenvalue weighted by Crippen LogP contribution is 2.18. The van der Waals surface area contributed by atoms with E-state index >= 15 is 0 Å². The molecule has 0 aliphatic carbocycles. The maximum absolute atomic E-state index is 12.0. The number of amides is 1. The lowest BCUT2D eigenvalue weighted by molar-refractivity contribution is 0.0954. The van der Waals surface area contributed by atoms with Crippen molar-refractivity contribution in [2.45, 2.75) is 6.92 Å². The summed E-state index contributed by atoms with van der Waals surface area (Å²) in [5.41, 5.74) is 2.09. The van der Waals surface area contributed by atoms with Crippen LogP contribution in [-0.4, -0.2) is 24.8 Å². The van der Waals surface area contributed by atoms with E-state index in [-0.39, 0.29) is 11.7 Å². The van der Waals surface area contributed by atoms with Crippen molar-refractivity contribution in [1.82, 2.24) is 5.32 Å². The average Bonchev–Trinajstić information content (AvgIpc) is 2.58. The minimum Gasteiger partial charge on any atom is -0.383 e. The van der Waals surface area contributed by atoms with E-state index in [0.29, 0.717) is 40.5 Å². The molecule has 122 valence electrons. The molecule has 6 heteroatoms. The first-order valence-corrected chi connectivity index (χ1v) is 7.72. The fourth-order valence-electron chi connectivity index (χ4n) is 2.14. The molecule has 2 aromatic rings. The number of halogens is 1. The lowest BCUT2D eigenvalue weighted by Crippen LogP contribution is -2.29. The standard InChI is InChI=1S/C18H16ClN3O2/c1-12(23)16-7-2-13(11-20)10-17(16)21-8-9-22-18(24)14-3-5-15(19)6-4-14/h2-7,10,21H,8-9H2,1H3,(H,22,24). The molecular weight excluding hydrogens is 326 g/mol. The summed E-state index contributed by atoms with van der Waals surface area (Å²) in [6, 6.07) is 13.5. The molecule has 0 fully saturated rings. The van der Waals surface area contributed by atoms with Gasteiger partial charge in [0.25, 0.3) is 5.91 Å². The summed E-state index contributed by atoms with van der Waals surface area (Å²) in [7, 11) is 0. The first-order chi connectivity index (χ1) is 11.5. The van der Waals surface area contributed by atoms with Crippen LogP contribution in [-0.2, 0) is 0 Å². The molecule has 0 saturated carbocycles.